The van der Waals surface area contributed by atoms with E-state index < -0.39 is 5.60 Å². The molecule has 1 aromatic rings. The SMILES string of the molecule is Cc1cc(C)n(C(C)C(=O)N(C)CC2(O)CCCC2)n1. The van der Waals surface area contributed by atoms with Gasteiger partial charge in [-0.15, -0.1) is 0 Å². The summed E-state index contributed by atoms with van der Waals surface area (Å²) in [6.45, 7) is 6.15. The first-order chi connectivity index (χ1) is 9.32. The summed E-state index contributed by atoms with van der Waals surface area (Å²) in [5, 5.41) is 14.8. The van der Waals surface area contributed by atoms with Gasteiger partial charge in [0.05, 0.1) is 11.3 Å². The highest BCUT2D eigenvalue weighted by molar-refractivity contribution is 5.79. The van der Waals surface area contributed by atoms with Crippen molar-refractivity contribution in [2.24, 2.45) is 0 Å². The Balaban J connectivity index is 2.04. The van der Waals surface area contributed by atoms with Gasteiger partial charge in [0.25, 0.3) is 0 Å². The van der Waals surface area contributed by atoms with Crippen LogP contribution in [0.15, 0.2) is 6.07 Å². The number of rotatable bonds is 4. The molecule has 0 radical (unpaired) electrons. The minimum absolute atomic E-state index is 0.00322. The molecular formula is C15H25N3O2. The number of nitrogens with zero attached hydrogens (tertiary/aromatic N) is 3. The number of aliphatic hydroxyl groups is 1. The van der Waals surface area contributed by atoms with Crippen LogP contribution in [-0.4, -0.2) is 44.9 Å². The maximum Gasteiger partial charge on any atom is 0.246 e. The first kappa shape index (κ1) is 15.0. The Morgan fingerprint density at radius 1 is 1.50 bits per heavy atom. The summed E-state index contributed by atoms with van der Waals surface area (Å²) < 4.78 is 1.76. The van der Waals surface area contributed by atoms with Gasteiger partial charge in [0.15, 0.2) is 0 Å². The number of carbonyl (C=O) groups is 1. The van der Waals surface area contributed by atoms with Crippen molar-refractivity contribution in [3.63, 3.8) is 0 Å². The van der Waals surface area contributed by atoms with Crippen LogP contribution in [-0.2, 0) is 4.79 Å². The Morgan fingerprint density at radius 2 is 2.10 bits per heavy atom. The third-order valence-corrected chi connectivity index (χ3v) is 4.21. The van der Waals surface area contributed by atoms with Crippen LogP contribution in [0, 0.1) is 13.8 Å². The summed E-state index contributed by atoms with van der Waals surface area (Å²) in [7, 11) is 1.76. The second-order valence-electron chi connectivity index (χ2n) is 6.17. The van der Waals surface area contributed by atoms with Gasteiger partial charge in [-0.05, 0) is 39.7 Å². The Hall–Kier alpha value is -1.36. The number of aryl methyl sites for hydroxylation is 2. The van der Waals surface area contributed by atoms with Gasteiger partial charge in [-0.25, -0.2) is 0 Å². The smallest absolute Gasteiger partial charge is 0.246 e. The van der Waals surface area contributed by atoms with Gasteiger partial charge < -0.3 is 10.0 Å². The molecule has 1 fully saturated rings. The summed E-state index contributed by atoms with van der Waals surface area (Å²) in [4.78, 5) is 14.1. The molecule has 1 aromatic heterocycles. The number of aromatic nitrogens is 2. The average molecular weight is 279 g/mol. The molecular weight excluding hydrogens is 254 g/mol. The molecule has 112 valence electrons. The summed E-state index contributed by atoms with van der Waals surface area (Å²) >= 11 is 0. The van der Waals surface area contributed by atoms with E-state index in [9.17, 15) is 9.90 Å². The van der Waals surface area contributed by atoms with Crippen LogP contribution in [0.5, 0.6) is 0 Å². The zero-order chi connectivity index (χ0) is 14.9. The summed E-state index contributed by atoms with van der Waals surface area (Å²) in [6, 6.07) is 1.63. The molecule has 2 rings (SSSR count). The molecule has 1 amide bonds. The van der Waals surface area contributed by atoms with Gasteiger partial charge in [-0.2, -0.15) is 5.10 Å². The summed E-state index contributed by atoms with van der Waals surface area (Å²) in [5.74, 6) is -0.00322. The monoisotopic (exact) mass is 279 g/mol. The van der Waals surface area contributed by atoms with E-state index in [1.165, 1.54) is 0 Å². The third-order valence-electron chi connectivity index (χ3n) is 4.21. The summed E-state index contributed by atoms with van der Waals surface area (Å²) in [5.41, 5.74) is 1.20. The minimum Gasteiger partial charge on any atom is -0.388 e. The molecule has 1 aliphatic rings. The fourth-order valence-electron chi connectivity index (χ4n) is 3.17. The Labute approximate surface area is 120 Å². The Kier molecular flexibility index (Phi) is 4.18. The van der Waals surface area contributed by atoms with Crippen LogP contribution < -0.4 is 0 Å². The highest BCUT2D eigenvalue weighted by Crippen LogP contribution is 2.30. The van der Waals surface area contributed by atoms with Crippen molar-refractivity contribution in [3.8, 4) is 0 Å². The van der Waals surface area contributed by atoms with Crippen molar-refractivity contribution in [2.75, 3.05) is 13.6 Å². The molecule has 5 nitrogen and oxygen atoms in total. The van der Waals surface area contributed by atoms with Crippen molar-refractivity contribution in [1.29, 1.82) is 0 Å². The van der Waals surface area contributed by atoms with Crippen molar-refractivity contribution in [1.82, 2.24) is 14.7 Å². The number of carbonyl (C=O) groups excluding carboxylic acids is 1. The fraction of sp³-hybridized carbons (Fsp3) is 0.733. The van der Waals surface area contributed by atoms with Crippen molar-refractivity contribution < 1.29 is 9.90 Å². The first-order valence-corrected chi connectivity index (χ1v) is 7.32. The largest absolute Gasteiger partial charge is 0.388 e. The lowest BCUT2D eigenvalue weighted by molar-refractivity contribution is -0.136. The van der Waals surface area contributed by atoms with Gasteiger partial charge in [0, 0.05) is 19.3 Å². The van der Waals surface area contributed by atoms with E-state index in [0.29, 0.717) is 6.54 Å². The molecule has 20 heavy (non-hydrogen) atoms. The minimum atomic E-state index is -0.695. The molecule has 1 N–H and O–H groups in total. The van der Waals surface area contributed by atoms with Gasteiger partial charge in [0.1, 0.15) is 6.04 Å². The molecule has 1 saturated carbocycles. The van der Waals surface area contributed by atoms with E-state index in [0.717, 1.165) is 37.1 Å². The normalized spacial score (nSPS) is 19.1. The lowest BCUT2D eigenvalue weighted by atomic mass is 10.0. The topological polar surface area (TPSA) is 58.4 Å². The Bertz CT molecular complexity index is 489. The lowest BCUT2D eigenvalue weighted by Crippen LogP contribution is -2.44. The average Bonchev–Trinajstić information content (AvgIpc) is 2.93. The molecule has 5 heteroatoms. The molecule has 1 aliphatic carbocycles. The van der Waals surface area contributed by atoms with E-state index in [2.05, 4.69) is 5.10 Å². The molecule has 0 bridgehead atoms. The predicted molar refractivity (Wildman–Crippen MR) is 77.5 cm³/mol. The second kappa shape index (κ2) is 5.56. The van der Waals surface area contributed by atoms with Crippen molar-refractivity contribution in [3.05, 3.63) is 17.5 Å². The standard InChI is InChI=1S/C15H25N3O2/c1-11-9-12(2)18(16-11)13(3)14(19)17(4)10-15(20)7-5-6-8-15/h9,13,20H,5-8,10H2,1-4H3. The maximum atomic E-state index is 12.5. The highest BCUT2D eigenvalue weighted by atomic mass is 16.3. The van der Waals surface area contributed by atoms with Crippen LogP contribution in [0.3, 0.4) is 0 Å². The number of hydrogen-bond acceptors (Lipinski definition) is 3. The van der Waals surface area contributed by atoms with Crippen molar-refractivity contribution >= 4 is 5.91 Å². The number of likely N-dealkylation sites (N-methyl/N-ethyl adjacent to an activating group) is 1. The van der Waals surface area contributed by atoms with Gasteiger partial charge >= 0.3 is 0 Å². The van der Waals surface area contributed by atoms with E-state index in [1.54, 1.807) is 16.6 Å². The zero-order valence-corrected chi connectivity index (χ0v) is 12.9. The van der Waals surface area contributed by atoms with Crippen LogP contribution in [0.2, 0.25) is 0 Å². The number of hydrogen-bond donors (Lipinski definition) is 1. The van der Waals surface area contributed by atoms with E-state index in [4.69, 9.17) is 0 Å². The first-order valence-electron chi connectivity index (χ1n) is 7.32. The highest BCUT2D eigenvalue weighted by Gasteiger charge is 2.34. The van der Waals surface area contributed by atoms with Gasteiger partial charge in [0.2, 0.25) is 5.91 Å². The van der Waals surface area contributed by atoms with E-state index in [-0.39, 0.29) is 11.9 Å². The van der Waals surface area contributed by atoms with Gasteiger partial charge in [-0.1, -0.05) is 12.8 Å². The second-order valence-corrected chi connectivity index (χ2v) is 6.17. The summed E-state index contributed by atoms with van der Waals surface area (Å²) in [6.07, 6.45) is 3.68. The molecule has 0 aromatic carbocycles. The van der Waals surface area contributed by atoms with Crippen LogP contribution in [0.1, 0.15) is 50.0 Å². The van der Waals surface area contributed by atoms with E-state index in [1.807, 2.05) is 26.8 Å². The zero-order valence-electron chi connectivity index (χ0n) is 12.9. The van der Waals surface area contributed by atoms with E-state index >= 15 is 0 Å². The lowest BCUT2D eigenvalue weighted by Gasteiger charge is -2.30. The van der Waals surface area contributed by atoms with Gasteiger partial charge in [-0.3, -0.25) is 9.48 Å². The van der Waals surface area contributed by atoms with Crippen LogP contribution >= 0.6 is 0 Å². The molecule has 1 unspecified atom stereocenters. The molecule has 0 saturated heterocycles. The third kappa shape index (κ3) is 3.03. The molecule has 1 heterocycles. The van der Waals surface area contributed by atoms with Crippen LogP contribution in [0.25, 0.3) is 0 Å². The fourth-order valence-corrected chi connectivity index (χ4v) is 3.17. The predicted octanol–water partition coefficient (Wildman–Crippen LogP) is 1.82. The molecule has 1 atom stereocenters. The Morgan fingerprint density at radius 3 is 2.60 bits per heavy atom. The quantitative estimate of drug-likeness (QED) is 0.914. The molecule has 0 spiro atoms. The van der Waals surface area contributed by atoms with Crippen molar-refractivity contribution in [2.45, 2.75) is 58.1 Å². The molecule has 0 aliphatic heterocycles. The van der Waals surface area contributed by atoms with Crippen LogP contribution in [0.4, 0.5) is 0 Å². The maximum absolute atomic E-state index is 12.5. The number of amides is 1.